The molecule has 1 N–H and O–H groups in total. The first-order valence-electron chi connectivity index (χ1n) is 8.53. The van der Waals surface area contributed by atoms with Gasteiger partial charge in [-0.05, 0) is 30.7 Å². The third-order valence-corrected chi connectivity index (χ3v) is 4.58. The third kappa shape index (κ3) is 2.50. The van der Waals surface area contributed by atoms with Crippen LogP contribution in [-0.2, 0) is 12.8 Å². The van der Waals surface area contributed by atoms with Crippen molar-refractivity contribution in [3.8, 4) is 17.2 Å². The lowest BCUT2D eigenvalue weighted by Gasteiger charge is -2.19. The fourth-order valence-electron chi connectivity index (χ4n) is 3.41. The summed E-state index contributed by atoms with van der Waals surface area (Å²) in [6.07, 6.45) is 3.55. The Bertz CT molecular complexity index is 921. The highest BCUT2D eigenvalue weighted by molar-refractivity contribution is 5.59. The molecule has 0 saturated carbocycles. The van der Waals surface area contributed by atoms with Crippen molar-refractivity contribution < 1.29 is 9.47 Å². The first-order valence-corrected chi connectivity index (χ1v) is 8.53. The average molecular weight is 334 g/mol. The van der Waals surface area contributed by atoms with Gasteiger partial charge in [0.15, 0.2) is 11.5 Å². The Morgan fingerprint density at radius 2 is 2.00 bits per heavy atom. The molecular weight excluding hydrogens is 316 g/mol. The van der Waals surface area contributed by atoms with Crippen molar-refractivity contribution in [3.05, 3.63) is 59.5 Å². The maximum Gasteiger partial charge on any atom is 0.163 e. The highest BCUT2D eigenvalue weighted by Gasteiger charge is 2.24. The minimum absolute atomic E-state index is 0.580. The van der Waals surface area contributed by atoms with Crippen molar-refractivity contribution in [1.29, 1.82) is 0 Å². The number of hydrogen-bond donors (Lipinski definition) is 1. The Morgan fingerprint density at radius 3 is 2.88 bits per heavy atom. The summed E-state index contributed by atoms with van der Waals surface area (Å²) in [5.74, 6) is 2.64. The predicted molar refractivity (Wildman–Crippen MR) is 93.8 cm³/mol. The number of aromatic nitrogens is 3. The normalized spacial score (nSPS) is 14.9. The van der Waals surface area contributed by atoms with Gasteiger partial charge in [-0.25, -0.2) is 4.68 Å². The van der Waals surface area contributed by atoms with Crippen LogP contribution in [0.4, 0.5) is 5.82 Å². The SMILES string of the molecule is c1ccc(Cc2nn(-c3ccc4c(c3)OCCO4)c3c2CCN3)nc1. The zero-order valence-electron chi connectivity index (χ0n) is 13.7. The molecule has 0 saturated heterocycles. The van der Waals surface area contributed by atoms with Crippen molar-refractivity contribution in [1.82, 2.24) is 14.8 Å². The van der Waals surface area contributed by atoms with E-state index in [1.54, 1.807) is 0 Å². The third-order valence-electron chi connectivity index (χ3n) is 4.58. The van der Waals surface area contributed by atoms with Crippen molar-refractivity contribution in [2.75, 3.05) is 25.1 Å². The first-order chi connectivity index (χ1) is 12.4. The topological polar surface area (TPSA) is 61.2 Å². The van der Waals surface area contributed by atoms with E-state index in [0.29, 0.717) is 13.2 Å². The molecule has 0 bridgehead atoms. The Balaban J connectivity index is 1.55. The average Bonchev–Trinajstić information content (AvgIpc) is 3.26. The number of rotatable bonds is 3. The smallest absolute Gasteiger partial charge is 0.163 e. The first kappa shape index (κ1) is 14.3. The maximum absolute atomic E-state index is 5.71. The van der Waals surface area contributed by atoms with E-state index >= 15 is 0 Å². The molecule has 2 aromatic heterocycles. The van der Waals surface area contributed by atoms with Crippen LogP contribution in [0.2, 0.25) is 0 Å². The van der Waals surface area contributed by atoms with Crippen LogP contribution in [0.3, 0.4) is 0 Å². The van der Waals surface area contributed by atoms with Gasteiger partial charge in [0.2, 0.25) is 0 Å². The lowest BCUT2D eigenvalue weighted by atomic mass is 10.1. The molecule has 0 amide bonds. The number of benzene rings is 1. The summed E-state index contributed by atoms with van der Waals surface area (Å²) in [4.78, 5) is 4.43. The number of fused-ring (bicyclic) bond motifs is 2. The van der Waals surface area contributed by atoms with Crippen LogP contribution in [0.1, 0.15) is 17.0 Å². The van der Waals surface area contributed by atoms with E-state index in [1.807, 2.05) is 47.3 Å². The molecule has 0 unspecified atom stereocenters. The summed E-state index contributed by atoms with van der Waals surface area (Å²) in [7, 11) is 0. The van der Waals surface area contributed by atoms with Crippen molar-refractivity contribution >= 4 is 5.82 Å². The van der Waals surface area contributed by atoms with Crippen LogP contribution in [-0.4, -0.2) is 34.5 Å². The predicted octanol–water partition coefficient (Wildman–Crippen LogP) is 2.60. The molecule has 0 fully saturated rings. The molecule has 6 nitrogen and oxygen atoms in total. The molecule has 0 spiro atoms. The Morgan fingerprint density at radius 1 is 1.08 bits per heavy atom. The van der Waals surface area contributed by atoms with E-state index in [-0.39, 0.29) is 0 Å². The summed E-state index contributed by atoms with van der Waals surface area (Å²) in [6, 6.07) is 11.9. The number of nitrogens with zero attached hydrogens (tertiary/aromatic N) is 3. The quantitative estimate of drug-likeness (QED) is 0.798. The summed E-state index contributed by atoms with van der Waals surface area (Å²) < 4.78 is 13.3. The fraction of sp³-hybridized carbons (Fsp3) is 0.263. The summed E-state index contributed by atoms with van der Waals surface area (Å²) >= 11 is 0. The molecule has 4 heterocycles. The summed E-state index contributed by atoms with van der Waals surface area (Å²) in [6.45, 7) is 2.11. The second-order valence-corrected chi connectivity index (χ2v) is 6.19. The molecule has 2 aliphatic rings. The highest BCUT2D eigenvalue weighted by Crippen LogP contribution is 2.35. The van der Waals surface area contributed by atoms with Crippen LogP contribution < -0.4 is 14.8 Å². The number of hydrogen-bond acceptors (Lipinski definition) is 5. The summed E-state index contributed by atoms with van der Waals surface area (Å²) in [5.41, 5.74) is 4.36. The van der Waals surface area contributed by atoms with Crippen LogP contribution in [0, 0.1) is 0 Å². The standard InChI is InChI=1S/C19H18N4O2/c1-2-7-20-13(3-1)11-16-15-6-8-21-19(15)23(22-16)14-4-5-17-18(12-14)25-10-9-24-17/h1-5,7,12,21H,6,8-11H2. The van der Waals surface area contributed by atoms with Crippen LogP contribution in [0.5, 0.6) is 11.5 Å². The lowest BCUT2D eigenvalue weighted by Crippen LogP contribution is -2.15. The van der Waals surface area contributed by atoms with Gasteiger partial charge in [-0.2, -0.15) is 5.10 Å². The van der Waals surface area contributed by atoms with Gasteiger partial charge in [0, 0.05) is 36.5 Å². The largest absolute Gasteiger partial charge is 0.486 e. The lowest BCUT2D eigenvalue weighted by molar-refractivity contribution is 0.171. The van der Waals surface area contributed by atoms with Gasteiger partial charge in [-0.1, -0.05) is 6.07 Å². The van der Waals surface area contributed by atoms with Gasteiger partial charge in [0.1, 0.15) is 19.0 Å². The van der Waals surface area contributed by atoms with E-state index in [9.17, 15) is 0 Å². The molecule has 5 rings (SSSR count). The molecule has 25 heavy (non-hydrogen) atoms. The van der Waals surface area contributed by atoms with E-state index in [1.165, 1.54) is 5.56 Å². The van der Waals surface area contributed by atoms with Gasteiger partial charge in [-0.3, -0.25) is 4.98 Å². The molecule has 2 aliphatic heterocycles. The molecule has 6 heteroatoms. The Hall–Kier alpha value is -3.02. The minimum atomic E-state index is 0.580. The van der Waals surface area contributed by atoms with Crippen molar-refractivity contribution in [3.63, 3.8) is 0 Å². The minimum Gasteiger partial charge on any atom is -0.486 e. The molecule has 1 aromatic carbocycles. The molecule has 3 aromatic rings. The zero-order chi connectivity index (χ0) is 16.6. The molecule has 0 atom stereocenters. The Kier molecular flexibility index (Phi) is 3.33. The van der Waals surface area contributed by atoms with Gasteiger partial charge >= 0.3 is 0 Å². The van der Waals surface area contributed by atoms with Gasteiger partial charge in [0.25, 0.3) is 0 Å². The van der Waals surface area contributed by atoms with Crippen LogP contribution in [0.15, 0.2) is 42.6 Å². The van der Waals surface area contributed by atoms with Crippen LogP contribution >= 0.6 is 0 Å². The maximum atomic E-state index is 5.71. The second-order valence-electron chi connectivity index (χ2n) is 6.19. The van der Waals surface area contributed by atoms with E-state index in [2.05, 4.69) is 10.3 Å². The Labute approximate surface area is 145 Å². The molecule has 0 radical (unpaired) electrons. The number of nitrogens with one attached hydrogen (secondary N) is 1. The van der Waals surface area contributed by atoms with E-state index < -0.39 is 0 Å². The van der Waals surface area contributed by atoms with Crippen molar-refractivity contribution in [2.45, 2.75) is 12.8 Å². The van der Waals surface area contributed by atoms with Gasteiger partial charge < -0.3 is 14.8 Å². The monoisotopic (exact) mass is 334 g/mol. The highest BCUT2D eigenvalue weighted by atomic mass is 16.6. The zero-order valence-corrected chi connectivity index (χ0v) is 13.7. The van der Waals surface area contributed by atoms with E-state index in [0.717, 1.165) is 53.8 Å². The van der Waals surface area contributed by atoms with Crippen molar-refractivity contribution in [2.24, 2.45) is 0 Å². The van der Waals surface area contributed by atoms with Gasteiger partial charge in [0.05, 0.1) is 11.4 Å². The number of anilines is 1. The number of pyridine rings is 1. The molecule has 0 aliphatic carbocycles. The van der Waals surface area contributed by atoms with Crippen LogP contribution in [0.25, 0.3) is 5.69 Å². The number of ether oxygens (including phenoxy) is 2. The van der Waals surface area contributed by atoms with E-state index in [4.69, 9.17) is 14.6 Å². The molecular formula is C19H18N4O2. The molecule has 126 valence electrons. The second kappa shape index (κ2) is 5.81. The summed E-state index contributed by atoms with van der Waals surface area (Å²) in [5, 5.41) is 8.33. The fourth-order valence-corrected chi connectivity index (χ4v) is 3.41. The van der Waals surface area contributed by atoms with Gasteiger partial charge in [-0.15, -0.1) is 0 Å².